The fourth-order valence-corrected chi connectivity index (χ4v) is 4.81. The van der Waals surface area contributed by atoms with Crippen LogP contribution >= 0.6 is 0 Å². The van der Waals surface area contributed by atoms with Crippen molar-refractivity contribution in [3.8, 4) is 11.5 Å². The summed E-state index contributed by atoms with van der Waals surface area (Å²) in [6.45, 7) is 3.94. The molecule has 1 saturated carbocycles. The van der Waals surface area contributed by atoms with Crippen LogP contribution in [0.1, 0.15) is 13.3 Å². The summed E-state index contributed by atoms with van der Waals surface area (Å²) in [5.74, 6) is 0.788. The molecule has 2 aliphatic rings. The van der Waals surface area contributed by atoms with E-state index in [1.165, 1.54) is 0 Å². The first-order valence-electron chi connectivity index (χ1n) is 12.1. The van der Waals surface area contributed by atoms with Crippen molar-refractivity contribution in [1.82, 2.24) is 15.0 Å². The molecular formula is C26H27FN6O3. The average molecular weight is 491 g/mol. The fourth-order valence-electron chi connectivity index (χ4n) is 4.81. The van der Waals surface area contributed by atoms with Crippen molar-refractivity contribution in [3.05, 3.63) is 36.7 Å². The number of hydrogen-bond acceptors (Lipinski definition) is 8. The Balaban J connectivity index is 1.36. The largest absolute Gasteiger partial charge is 0.436 e. The molecule has 1 amide bonds. The molecule has 1 aliphatic carbocycles. The van der Waals surface area contributed by atoms with Crippen LogP contribution in [0.25, 0.3) is 33.3 Å². The average Bonchev–Trinajstić information content (AvgIpc) is 3.58. The van der Waals surface area contributed by atoms with Gasteiger partial charge in [-0.3, -0.25) is 9.18 Å². The van der Waals surface area contributed by atoms with E-state index in [2.05, 4.69) is 32.4 Å². The Hall–Kier alpha value is -3.79. The lowest BCUT2D eigenvalue weighted by Gasteiger charge is -2.32. The lowest BCUT2D eigenvalue weighted by molar-refractivity contribution is -0.117. The van der Waals surface area contributed by atoms with Gasteiger partial charge in [-0.2, -0.15) is 0 Å². The Morgan fingerprint density at radius 1 is 1.22 bits per heavy atom. The molecule has 1 aliphatic heterocycles. The van der Waals surface area contributed by atoms with E-state index in [-0.39, 0.29) is 23.8 Å². The van der Waals surface area contributed by atoms with Crippen molar-refractivity contribution < 1.29 is 18.3 Å². The normalized spacial score (nSPS) is 21.6. The standard InChI is InChI=1S/C26H27FN6O3/c1-14-13-33(5-6-35-14)16-3-4-22-21(8-16)31-26(36-22)20-12-30-24(28-2)19-11-29-23(9-18(19)20)32-25(34)17-7-15(17)10-27/h3-4,8-9,11-12,14-15,17H,5-7,10,13H2,1-2H3,(H,28,30)(H,29,32,34). The van der Waals surface area contributed by atoms with E-state index in [0.29, 0.717) is 41.7 Å². The first kappa shape index (κ1) is 22.7. The van der Waals surface area contributed by atoms with Gasteiger partial charge in [0.15, 0.2) is 5.58 Å². The minimum Gasteiger partial charge on any atom is -0.436 e. The van der Waals surface area contributed by atoms with Crippen LogP contribution in [-0.4, -0.2) is 60.4 Å². The van der Waals surface area contributed by atoms with Crippen molar-refractivity contribution in [2.24, 2.45) is 11.8 Å². The maximum Gasteiger partial charge on any atom is 0.229 e. The summed E-state index contributed by atoms with van der Waals surface area (Å²) in [4.78, 5) is 28.4. The molecule has 0 radical (unpaired) electrons. The molecule has 186 valence electrons. The smallest absolute Gasteiger partial charge is 0.229 e. The number of nitrogens with zero attached hydrogens (tertiary/aromatic N) is 4. The molecule has 4 heterocycles. The van der Waals surface area contributed by atoms with E-state index >= 15 is 0 Å². The van der Waals surface area contributed by atoms with Crippen LogP contribution in [0.15, 0.2) is 41.1 Å². The summed E-state index contributed by atoms with van der Waals surface area (Å²) in [6, 6.07) is 7.79. The van der Waals surface area contributed by atoms with Gasteiger partial charge in [-0.05, 0) is 43.5 Å². The second-order valence-corrected chi connectivity index (χ2v) is 9.43. The zero-order valence-corrected chi connectivity index (χ0v) is 20.1. The molecule has 1 saturated heterocycles. The predicted molar refractivity (Wildman–Crippen MR) is 136 cm³/mol. The zero-order chi connectivity index (χ0) is 24.8. The number of aromatic nitrogens is 3. The van der Waals surface area contributed by atoms with Crippen LogP contribution in [0.5, 0.6) is 0 Å². The predicted octanol–water partition coefficient (Wildman–Crippen LogP) is 4.25. The molecule has 0 bridgehead atoms. The van der Waals surface area contributed by atoms with Crippen molar-refractivity contribution in [1.29, 1.82) is 0 Å². The number of carbonyl (C=O) groups excluding carboxylic acids is 1. The van der Waals surface area contributed by atoms with Gasteiger partial charge in [0.2, 0.25) is 11.8 Å². The summed E-state index contributed by atoms with van der Waals surface area (Å²) in [6.07, 6.45) is 4.11. The number of nitrogens with one attached hydrogen (secondary N) is 2. The molecule has 2 N–H and O–H groups in total. The lowest BCUT2D eigenvalue weighted by Crippen LogP contribution is -2.41. The van der Waals surface area contributed by atoms with Crippen LogP contribution < -0.4 is 15.5 Å². The van der Waals surface area contributed by atoms with Crippen LogP contribution in [0.3, 0.4) is 0 Å². The Kier molecular flexibility index (Phi) is 5.67. The highest BCUT2D eigenvalue weighted by Gasteiger charge is 2.43. The Bertz CT molecular complexity index is 1460. The van der Waals surface area contributed by atoms with Gasteiger partial charge in [-0.15, -0.1) is 0 Å². The van der Waals surface area contributed by atoms with Crippen molar-refractivity contribution in [3.63, 3.8) is 0 Å². The van der Waals surface area contributed by atoms with Gasteiger partial charge in [0, 0.05) is 54.9 Å². The number of amides is 1. The molecule has 3 unspecified atom stereocenters. The van der Waals surface area contributed by atoms with Crippen molar-refractivity contribution >= 4 is 45.1 Å². The van der Waals surface area contributed by atoms with Gasteiger partial charge in [0.05, 0.1) is 24.9 Å². The number of oxazole rings is 1. The van der Waals surface area contributed by atoms with Gasteiger partial charge in [-0.25, -0.2) is 15.0 Å². The Labute approximate surface area is 207 Å². The number of hydrogen-bond donors (Lipinski definition) is 2. The molecule has 3 atom stereocenters. The summed E-state index contributed by atoms with van der Waals surface area (Å²) >= 11 is 0. The van der Waals surface area contributed by atoms with Crippen molar-refractivity contribution in [2.45, 2.75) is 19.4 Å². The van der Waals surface area contributed by atoms with Crippen LogP contribution in [0.2, 0.25) is 0 Å². The Morgan fingerprint density at radius 2 is 2.11 bits per heavy atom. The molecule has 0 spiro atoms. The summed E-state index contributed by atoms with van der Waals surface area (Å²) < 4.78 is 24.7. The second-order valence-electron chi connectivity index (χ2n) is 9.43. The highest BCUT2D eigenvalue weighted by atomic mass is 19.1. The number of pyridine rings is 2. The minimum absolute atomic E-state index is 0.177. The van der Waals surface area contributed by atoms with E-state index < -0.39 is 6.67 Å². The van der Waals surface area contributed by atoms with Crippen LogP contribution in [-0.2, 0) is 9.53 Å². The third-order valence-electron chi connectivity index (χ3n) is 6.93. The molecule has 4 aromatic rings. The van der Waals surface area contributed by atoms with Crippen LogP contribution in [0.4, 0.5) is 21.7 Å². The maximum atomic E-state index is 12.9. The molecule has 6 rings (SSSR count). The minimum atomic E-state index is -0.478. The second kappa shape index (κ2) is 9.02. The molecular weight excluding hydrogens is 463 g/mol. The first-order valence-corrected chi connectivity index (χ1v) is 12.1. The summed E-state index contributed by atoms with van der Waals surface area (Å²) in [5.41, 5.74) is 3.19. The number of benzene rings is 1. The third-order valence-corrected chi connectivity index (χ3v) is 6.93. The fraction of sp³-hybridized carbons (Fsp3) is 0.385. The number of anilines is 3. The number of rotatable bonds is 6. The summed E-state index contributed by atoms with van der Waals surface area (Å²) in [7, 11) is 1.79. The number of carbonyl (C=O) groups is 1. The first-order chi connectivity index (χ1) is 17.5. The number of alkyl halides is 1. The van der Waals surface area contributed by atoms with Gasteiger partial charge < -0.3 is 24.7 Å². The lowest BCUT2D eigenvalue weighted by atomic mass is 10.1. The molecule has 9 nitrogen and oxygen atoms in total. The molecule has 1 aromatic carbocycles. The molecule has 3 aromatic heterocycles. The highest BCUT2D eigenvalue weighted by Crippen LogP contribution is 2.40. The number of morpholine rings is 1. The SMILES string of the molecule is CNc1ncc(-c2nc3cc(N4CCOC(C)C4)ccc3o2)c2cc(NC(=O)C3CC3CF)ncc12. The number of fused-ring (bicyclic) bond motifs is 2. The van der Waals surface area contributed by atoms with E-state index in [1.54, 1.807) is 25.5 Å². The Morgan fingerprint density at radius 3 is 2.89 bits per heavy atom. The van der Waals surface area contributed by atoms with E-state index in [0.717, 1.165) is 35.1 Å². The van der Waals surface area contributed by atoms with E-state index in [1.807, 2.05) is 18.2 Å². The zero-order valence-electron chi connectivity index (χ0n) is 20.1. The maximum absolute atomic E-state index is 12.9. The quantitative estimate of drug-likeness (QED) is 0.413. The summed E-state index contributed by atoms with van der Waals surface area (Å²) in [5, 5.41) is 7.46. The highest BCUT2D eigenvalue weighted by molar-refractivity contribution is 6.03. The van der Waals surface area contributed by atoms with Gasteiger partial charge in [-0.1, -0.05) is 0 Å². The monoisotopic (exact) mass is 490 g/mol. The van der Waals surface area contributed by atoms with Crippen molar-refractivity contribution in [2.75, 3.05) is 49.0 Å². The molecule has 10 heteroatoms. The topological polar surface area (TPSA) is 105 Å². The van der Waals surface area contributed by atoms with Gasteiger partial charge >= 0.3 is 0 Å². The molecule has 36 heavy (non-hydrogen) atoms. The van der Waals surface area contributed by atoms with Crippen LogP contribution in [0, 0.1) is 11.8 Å². The third kappa shape index (κ3) is 4.11. The number of halogens is 1. The van der Waals surface area contributed by atoms with Gasteiger partial charge in [0.1, 0.15) is 17.2 Å². The molecule has 2 fully saturated rings. The van der Waals surface area contributed by atoms with E-state index in [4.69, 9.17) is 14.1 Å². The van der Waals surface area contributed by atoms with E-state index in [9.17, 15) is 9.18 Å². The van der Waals surface area contributed by atoms with Gasteiger partial charge in [0.25, 0.3) is 0 Å². The number of ether oxygens (including phenoxy) is 1.